The number of hydrogen-bond acceptors (Lipinski definition) is 2. The average Bonchev–Trinajstić information content (AvgIpc) is 2.06. The number of aliphatic hydroxyl groups excluding tert-OH is 1. The predicted octanol–water partition coefficient (Wildman–Crippen LogP) is 1.00. The SMILES string of the molecule is C=CCN1C=CCC(CO)C1. The van der Waals surface area contributed by atoms with Crippen molar-refractivity contribution in [2.45, 2.75) is 6.42 Å². The molecule has 1 heterocycles. The first kappa shape index (κ1) is 8.34. The molecule has 0 saturated carbocycles. The third-order valence-electron chi connectivity index (χ3n) is 1.90. The van der Waals surface area contributed by atoms with Gasteiger partial charge in [-0.25, -0.2) is 0 Å². The molecule has 1 aliphatic rings. The molecule has 0 amide bonds. The minimum absolute atomic E-state index is 0.290. The zero-order chi connectivity index (χ0) is 8.10. The maximum absolute atomic E-state index is 8.89. The van der Waals surface area contributed by atoms with Crippen LogP contribution >= 0.6 is 0 Å². The summed E-state index contributed by atoms with van der Waals surface area (Å²) in [5, 5.41) is 8.89. The normalized spacial score (nSPS) is 23.7. The fourth-order valence-corrected chi connectivity index (χ4v) is 1.30. The monoisotopic (exact) mass is 153 g/mol. The van der Waals surface area contributed by atoms with Crippen molar-refractivity contribution in [3.05, 3.63) is 24.9 Å². The Morgan fingerprint density at radius 2 is 2.55 bits per heavy atom. The molecule has 2 nitrogen and oxygen atoms in total. The van der Waals surface area contributed by atoms with Crippen molar-refractivity contribution in [2.75, 3.05) is 19.7 Å². The molecule has 0 aromatic heterocycles. The summed E-state index contributed by atoms with van der Waals surface area (Å²) >= 11 is 0. The molecule has 1 N–H and O–H groups in total. The molecule has 62 valence electrons. The van der Waals surface area contributed by atoms with Crippen molar-refractivity contribution in [3.8, 4) is 0 Å². The standard InChI is InChI=1S/C9H15NO/c1-2-5-10-6-3-4-9(7-10)8-11/h2-3,6,9,11H,1,4-5,7-8H2. The van der Waals surface area contributed by atoms with Gasteiger partial charge in [-0.3, -0.25) is 0 Å². The molecule has 0 aromatic carbocycles. The molecule has 0 fully saturated rings. The Hall–Kier alpha value is -0.760. The van der Waals surface area contributed by atoms with Gasteiger partial charge in [0, 0.05) is 25.6 Å². The second-order valence-corrected chi connectivity index (χ2v) is 2.91. The highest BCUT2D eigenvalue weighted by Crippen LogP contribution is 2.12. The summed E-state index contributed by atoms with van der Waals surface area (Å²) in [6.45, 7) is 5.80. The zero-order valence-electron chi connectivity index (χ0n) is 6.74. The number of aliphatic hydroxyl groups is 1. The first-order valence-corrected chi connectivity index (χ1v) is 3.99. The van der Waals surface area contributed by atoms with Crippen molar-refractivity contribution in [3.63, 3.8) is 0 Å². The summed E-state index contributed by atoms with van der Waals surface area (Å²) in [6, 6.07) is 0. The maximum Gasteiger partial charge on any atom is 0.0479 e. The smallest absolute Gasteiger partial charge is 0.0479 e. The third-order valence-corrected chi connectivity index (χ3v) is 1.90. The Bertz CT molecular complexity index is 154. The van der Waals surface area contributed by atoms with E-state index in [2.05, 4.69) is 23.8 Å². The van der Waals surface area contributed by atoms with E-state index in [1.54, 1.807) is 0 Å². The van der Waals surface area contributed by atoms with Crippen LogP contribution in [-0.2, 0) is 0 Å². The minimum Gasteiger partial charge on any atom is -0.396 e. The second kappa shape index (κ2) is 4.19. The van der Waals surface area contributed by atoms with Crippen LogP contribution in [0.3, 0.4) is 0 Å². The zero-order valence-corrected chi connectivity index (χ0v) is 6.74. The van der Waals surface area contributed by atoms with Crippen LogP contribution in [-0.4, -0.2) is 29.7 Å². The summed E-state index contributed by atoms with van der Waals surface area (Å²) < 4.78 is 0. The number of nitrogens with zero attached hydrogens (tertiary/aromatic N) is 1. The van der Waals surface area contributed by atoms with Gasteiger partial charge in [0.15, 0.2) is 0 Å². The summed E-state index contributed by atoms with van der Waals surface area (Å²) in [5.41, 5.74) is 0. The number of hydrogen-bond donors (Lipinski definition) is 1. The van der Waals surface area contributed by atoms with Gasteiger partial charge in [-0.05, 0) is 12.6 Å². The van der Waals surface area contributed by atoms with E-state index in [1.165, 1.54) is 0 Å². The molecule has 2 heteroatoms. The van der Waals surface area contributed by atoms with Crippen LogP contribution in [0.25, 0.3) is 0 Å². The Balaban J connectivity index is 2.38. The molecule has 1 atom stereocenters. The van der Waals surface area contributed by atoms with E-state index >= 15 is 0 Å². The van der Waals surface area contributed by atoms with Crippen LogP contribution in [0.15, 0.2) is 24.9 Å². The van der Waals surface area contributed by atoms with Crippen LogP contribution < -0.4 is 0 Å². The number of allylic oxidation sites excluding steroid dienone is 1. The third kappa shape index (κ3) is 2.39. The molecular weight excluding hydrogens is 138 g/mol. The van der Waals surface area contributed by atoms with Gasteiger partial charge in [0.05, 0.1) is 0 Å². The average molecular weight is 153 g/mol. The van der Waals surface area contributed by atoms with Crippen molar-refractivity contribution in [1.82, 2.24) is 4.90 Å². The molecule has 1 unspecified atom stereocenters. The highest BCUT2D eigenvalue weighted by molar-refractivity contribution is 4.93. The molecule has 0 radical (unpaired) electrons. The van der Waals surface area contributed by atoms with Crippen LogP contribution in [0.4, 0.5) is 0 Å². The summed E-state index contributed by atoms with van der Waals surface area (Å²) in [4.78, 5) is 2.16. The Morgan fingerprint density at radius 3 is 3.18 bits per heavy atom. The largest absolute Gasteiger partial charge is 0.396 e. The van der Waals surface area contributed by atoms with Gasteiger partial charge in [0.2, 0.25) is 0 Å². The minimum atomic E-state index is 0.290. The highest BCUT2D eigenvalue weighted by Gasteiger charge is 2.12. The topological polar surface area (TPSA) is 23.5 Å². The van der Waals surface area contributed by atoms with E-state index in [0.717, 1.165) is 19.5 Å². The van der Waals surface area contributed by atoms with E-state index in [-0.39, 0.29) is 6.61 Å². The number of rotatable bonds is 3. The molecule has 1 rings (SSSR count). The molecule has 11 heavy (non-hydrogen) atoms. The highest BCUT2D eigenvalue weighted by atomic mass is 16.3. The van der Waals surface area contributed by atoms with Crippen LogP contribution in [0.2, 0.25) is 0 Å². The molecule has 0 bridgehead atoms. The second-order valence-electron chi connectivity index (χ2n) is 2.91. The van der Waals surface area contributed by atoms with Gasteiger partial charge in [-0.2, -0.15) is 0 Å². The Morgan fingerprint density at radius 1 is 1.73 bits per heavy atom. The van der Waals surface area contributed by atoms with Gasteiger partial charge >= 0.3 is 0 Å². The lowest BCUT2D eigenvalue weighted by molar-refractivity contribution is 0.187. The lowest BCUT2D eigenvalue weighted by Crippen LogP contribution is -2.29. The van der Waals surface area contributed by atoms with Gasteiger partial charge in [-0.1, -0.05) is 12.2 Å². The fraction of sp³-hybridized carbons (Fsp3) is 0.556. The molecule has 1 aliphatic heterocycles. The van der Waals surface area contributed by atoms with E-state index in [1.807, 2.05) is 6.08 Å². The molecular formula is C9H15NO. The van der Waals surface area contributed by atoms with E-state index < -0.39 is 0 Å². The van der Waals surface area contributed by atoms with E-state index in [4.69, 9.17) is 5.11 Å². The molecule has 0 saturated heterocycles. The maximum atomic E-state index is 8.89. The van der Waals surface area contributed by atoms with Crippen molar-refractivity contribution in [2.24, 2.45) is 5.92 Å². The van der Waals surface area contributed by atoms with Crippen LogP contribution in [0.5, 0.6) is 0 Å². The van der Waals surface area contributed by atoms with Crippen molar-refractivity contribution >= 4 is 0 Å². The first-order valence-electron chi connectivity index (χ1n) is 3.99. The Kier molecular flexibility index (Phi) is 3.17. The van der Waals surface area contributed by atoms with Gasteiger partial charge in [0.1, 0.15) is 0 Å². The fourth-order valence-electron chi connectivity index (χ4n) is 1.30. The summed E-state index contributed by atoms with van der Waals surface area (Å²) in [5.74, 6) is 0.417. The molecule has 0 aliphatic carbocycles. The van der Waals surface area contributed by atoms with Crippen LogP contribution in [0, 0.1) is 5.92 Å². The van der Waals surface area contributed by atoms with E-state index in [0.29, 0.717) is 5.92 Å². The first-order chi connectivity index (χ1) is 5.36. The van der Waals surface area contributed by atoms with Crippen molar-refractivity contribution in [1.29, 1.82) is 0 Å². The van der Waals surface area contributed by atoms with Gasteiger partial charge in [-0.15, -0.1) is 6.58 Å². The summed E-state index contributed by atoms with van der Waals surface area (Å²) in [7, 11) is 0. The lowest BCUT2D eigenvalue weighted by Gasteiger charge is -2.27. The van der Waals surface area contributed by atoms with Gasteiger partial charge < -0.3 is 10.0 Å². The van der Waals surface area contributed by atoms with Crippen molar-refractivity contribution < 1.29 is 5.11 Å². The lowest BCUT2D eigenvalue weighted by atomic mass is 10.0. The summed E-state index contributed by atoms with van der Waals surface area (Å²) in [6.07, 6.45) is 7.07. The van der Waals surface area contributed by atoms with Crippen LogP contribution in [0.1, 0.15) is 6.42 Å². The van der Waals surface area contributed by atoms with E-state index in [9.17, 15) is 0 Å². The predicted molar refractivity (Wildman–Crippen MR) is 46.1 cm³/mol. The molecule has 0 spiro atoms. The quantitative estimate of drug-likeness (QED) is 0.611. The van der Waals surface area contributed by atoms with Gasteiger partial charge in [0.25, 0.3) is 0 Å². The molecule has 0 aromatic rings. The Labute approximate surface area is 67.8 Å².